The zero-order chi connectivity index (χ0) is 19.0. The van der Waals surface area contributed by atoms with Crippen LogP contribution in [0.25, 0.3) is 0 Å². The monoisotopic (exact) mass is 453 g/mol. The van der Waals surface area contributed by atoms with Crippen molar-refractivity contribution in [2.45, 2.75) is 31.8 Å². The highest BCUT2D eigenvalue weighted by atomic mass is 31.3. The van der Waals surface area contributed by atoms with Gasteiger partial charge in [-0.1, -0.05) is 0 Å². The van der Waals surface area contributed by atoms with E-state index in [1.807, 2.05) is 0 Å². The van der Waals surface area contributed by atoms with Crippen molar-refractivity contribution in [2.75, 3.05) is 6.61 Å². The van der Waals surface area contributed by atoms with E-state index in [4.69, 9.17) is 14.5 Å². The Kier molecular flexibility index (Phi) is 10.9. The van der Waals surface area contributed by atoms with Gasteiger partial charge in [0.2, 0.25) is 0 Å². The number of nitrogens with zero attached hydrogens (tertiary/aromatic N) is 1. The molecule has 1 aliphatic heterocycles. The number of ether oxygens (including phenoxy) is 1. The van der Waals surface area contributed by atoms with E-state index in [2.05, 4.69) is 13.8 Å². The van der Waals surface area contributed by atoms with Crippen LogP contribution in [0.15, 0.2) is 15.8 Å². The van der Waals surface area contributed by atoms with Gasteiger partial charge in [-0.3, -0.25) is 18.9 Å². The lowest BCUT2D eigenvalue weighted by Crippen LogP contribution is -2.33. The molecule has 0 spiro atoms. The maximum atomic E-state index is 11.8. The SMILES string of the molecule is Cc1cn([C@H]2C[C@H](O)[C@@H](COP(=O)(O)OP(=O)(O)O)O2)c(=O)[nH]c1=O.N.N.N. The minimum absolute atomic E-state index is 0. The molecule has 2 rings (SSSR count). The van der Waals surface area contributed by atoms with Crippen molar-refractivity contribution in [1.82, 2.24) is 28.0 Å². The van der Waals surface area contributed by atoms with Gasteiger partial charge in [0, 0.05) is 18.2 Å². The second-order valence-corrected chi connectivity index (χ2v) is 8.08. The van der Waals surface area contributed by atoms with Crippen LogP contribution < -0.4 is 29.7 Å². The predicted octanol–water partition coefficient (Wildman–Crippen LogP) is -0.794. The summed E-state index contributed by atoms with van der Waals surface area (Å²) >= 11 is 0. The first-order chi connectivity index (χ1) is 11.4. The number of hydrogen-bond donors (Lipinski definition) is 8. The Labute approximate surface area is 158 Å². The highest BCUT2D eigenvalue weighted by Gasteiger charge is 2.39. The standard InChI is InChI=1S/C10H16N2O11P2.3H3N/c1-5-3-12(10(15)11-9(5)14)8-2-6(13)7(22-8)4-21-25(19,20)23-24(16,17)18;;;/h3,6-8,13H,2,4H2,1H3,(H,19,20)(H,11,14,15)(H2,16,17,18);3*1H3/t6-,7+,8+;;;/m0.../s1. The summed E-state index contributed by atoms with van der Waals surface area (Å²) in [5, 5.41) is 9.91. The molecule has 28 heavy (non-hydrogen) atoms. The van der Waals surface area contributed by atoms with Crippen molar-refractivity contribution in [3.63, 3.8) is 0 Å². The summed E-state index contributed by atoms with van der Waals surface area (Å²) in [6.07, 6.45) is -2.22. The van der Waals surface area contributed by atoms with Crippen LogP contribution in [0.4, 0.5) is 0 Å². The van der Waals surface area contributed by atoms with Gasteiger partial charge in [0.25, 0.3) is 5.56 Å². The summed E-state index contributed by atoms with van der Waals surface area (Å²) in [5.41, 5.74) is -1.12. The third-order valence-electron chi connectivity index (χ3n) is 3.27. The number of aryl methyl sites for hydroxylation is 1. The first-order valence-electron chi connectivity index (χ1n) is 6.78. The van der Waals surface area contributed by atoms with Crippen LogP contribution in [0.5, 0.6) is 0 Å². The maximum Gasteiger partial charge on any atom is 0.481 e. The molecule has 0 aliphatic carbocycles. The Hall–Kier alpha value is -1.26. The molecular weight excluding hydrogens is 428 g/mol. The molecule has 4 atom stereocenters. The van der Waals surface area contributed by atoms with Crippen molar-refractivity contribution < 1.29 is 42.5 Å². The first-order valence-corrected chi connectivity index (χ1v) is 9.80. The summed E-state index contributed by atoms with van der Waals surface area (Å²) in [6.45, 7) is 0.727. The zero-order valence-electron chi connectivity index (χ0n) is 14.8. The van der Waals surface area contributed by atoms with Crippen LogP contribution in [0.3, 0.4) is 0 Å². The van der Waals surface area contributed by atoms with Crippen molar-refractivity contribution in [1.29, 1.82) is 0 Å². The van der Waals surface area contributed by atoms with Crippen LogP contribution in [0.2, 0.25) is 0 Å². The summed E-state index contributed by atoms with van der Waals surface area (Å²) in [7, 11) is -10.3. The number of aromatic amines is 1. The van der Waals surface area contributed by atoms with E-state index in [1.165, 1.54) is 13.1 Å². The van der Waals surface area contributed by atoms with Gasteiger partial charge in [0.15, 0.2) is 0 Å². The molecule has 166 valence electrons. The quantitative estimate of drug-likeness (QED) is 0.245. The number of nitrogens with one attached hydrogen (secondary N) is 1. The molecule has 0 radical (unpaired) electrons. The molecule has 1 unspecified atom stereocenters. The Morgan fingerprint density at radius 3 is 2.36 bits per heavy atom. The zero-order valence-corrected chi connectivity index (χ0v) is 16.6. The van der Waals surface area contributed by atoms with E-state index in [-0.39, 0.29) is 30.4 Å². The molecule has 18 heteroatoms. The number of phosphoric acid groups is 2. The van der Waals surface area contributed by atoms with Gasteiger partial charge in [-0.25, -0.2) is 13.9 Å². The number of hydrogen-bond acceptors (Lipinski definition) is 11. The number of H-pyrrole nitrogens is 1. The molecular formula is C10H25N5O11P2. The third-order valence-corrected chi connectivity index (χ3v) is 5.42. The minimum atomic E-state index is -5.26. The Morgan fingerprint density at radius 1 is 1.25 bits per heavy atom. The number of rotatable bonds is 6. The average Bonchev–Trinajstić information content (AvgIpc) is 2.79. The number of aromatic nitrogens is 2. The van der Waals surface area contributed by atoms with Crippen molar-refractivity contribution in [3.8, 4) is 0 Å². The first kappa shape index (κ1) is 28.9. The molecule has 0 saturated carbocycles. The predicted molar refractivity (Wildman–Crippen MR) is 94.6 cm³/mol. The lowest BCUT2D eigenvalue weighted by Gasteiger charge is -2.18. The normalized spacial score (nSPS) is 23.7. The molecule has 1 saturated heterocycles. The van der Waals surface area contributed by atoms with E-state index in [9.17, 15) is 28.7 Å². The summed E-state index contributed by atoms with van der Waals surface area (Å²) < 4.78 is 36.3. The van der Waals surface area contributed by atoms with Gasteiger partial charge in [-0.05, 0) is 6.92 Å². The van der Waals surface area contributed by atoms with Crippen LogP contribution in [-0.4, -0.2) is 48.2 Å². The van der Waals surface area contributed by atoms with Crippen molar-refractivity contribution in [2.24, 2.45) is 0 Å². The van der Waals surface area contributed by atoms with E-state index in [0.717, 1.165) is 4.57 Å². The number of aliphatic hydroxyl groups is 1. The van der Waals surface area contributed by atoms with Crippen LogP contribution in [0, 0.1) is 6.92 Å². The summed E-state index contributed by atoms with van der Waals surface area (Å²) in [4.78, 5) is 51.4. The Balaban J connectivity index is 0. The summed E-state index contributed by atoms with van der Waals surface area (Å²) in [6, 6.07) is 0. The minimum Gasteiger partial charge on any atom is -0.390 e. The molecule has 0 bridgehead atoms. The van der Waals surface area contributed by atoms with Gasteiger partial charge < -0.3 is 43.0 Å². The average molecular weight is 453 g/mol. The second-order valence-electron chi connectivity index (χ2n) is 5.25. The fourth-order valence-electron chi connectivity index (χ4n) is 2.16. The summed E-state index contributed by atoms with van der Waals surface area (Å²) in [5.74, 6) is 0. The van der Waals surface area contributed by atoms with Crippen LogP contribution in [-0.2, 0) is 22.7 Å². The molecule has 1 aromatic heterocycles. The number of phosphoric ester groups is 1. The van der Waals surface area contributed by atoms with Gasteiger partial charge in [0.1, 0.15) is 12.3 Å². The largest absolute Gasteiger partial charge is 0.481 e. The molecule has 1 aliphatic rings. The number of aliphatic hydroxyl groups excluding tert-OH is 1. The Bertz CT molecular complexity index is 851. The lowest BCUT2D eigenvalue weighted by molar-refractivity contribution is -0.0450. The van der Waals surface area contributed by atoms with E-state index in [0.29, 0.717) is 0 Å². The van der Waals surface area contributed by atoms with Gasteiger partial charge in [-0.2, -0.15) is 4.31 Å². The van der Waals surface area contributed by atoms with Gasteiger partial charge in [-0.15, -0.1) is 0 Å². The highest BCUT2D eigenvalue weighted by Crippen LogP contribution is 2.57. The molecule has 14 N–H and O–H groups in total. The lowest BCUT2D eigenvalue weighted by atomic mass is 10.2. The molecule has 2 heterocycles. The van der Waals surface area contributed by atoms with Crippen molar-refractivity contribution in [3.05, 3.63) is 32.6 Å². The van der Waals surface area contributed by atoms with Crippen molar-refractivity contribution >= 4 is 15.6 Å². The fourth-order valence-corrected chi connectivity index (χ4v) is 3.76. The van der Waals surface area contributed by atoms with Crippen LogP contribution in [0.1, 0.15) is 18.2 Å². The Morgan fingerprint density at radius 2 is 1.82 bits per heavy atom. The molecule has 16 nitrogen and oxygen atoms in total. The molecule has 0 aromatic carbocycles. The van der Waals surface area contributed by atoms with E-state index in [1.54, 1.807) is 0 Å². The van der Waals surface area contributed by atoms with Crippen LogP contribution >= 0.6 is 15.6 Å². The topological polar surface area (TPSA) is 303 Å². The second kappa shape index (κ2) is 10.5. The van der Waals surface area contributed by atoms with Gasteiger partial charge >= 0.3 is 21.3 Å². The molecule has 1 aromatic rings. The fraction of sp³-hybridized carbons (Fsp3) is 0.600. The maximum absolute atomic E-state index is 11.8. The van der Waals surface area contributed by atoms with Gasteiger partial charge in [0.05, 0.1) is 12.7 Å². The van der Waals surface area contributed by atoms with E-state index >= 15 is 0 Å². The smallest absolute Gasteiger partial charge is 0.390 e. The molecule has 1 fully saturated rings. The van der Waals surface area contributed by atoms with E-state index < -0.39 is 51.9 Å². The molecule has 0 amide bonds. The highest BCUT2D eigenvalue weighted by molar-refractivity contribution is 7.60. The third kappa shape index (κ3) is 7.63.